The topological polar surface area (TPSA) is 116 Å². The highest BCUT2D eigenvalue weighted by Gasteiger charge is 2.28. The highest BCUT2D eigenvalue weighted by Crippen LogP contribution is 2.18. The molecule has 1 aromatic carbocycles. The van der Waals surface area contributed by atoms with Gasteiger partial charge < -0.3 is 24.5 Å². The van der Waals surface area contributed by atoms with Gasteiger partial charge in [-0.25, -0.2) is 14.8 Å². The summed E-state index contributed by atoms with van der Waals surface area (Å²) in [6, 6.07) is 7.20. The predicted octanol–water partition coefficient (Wildman–Crippen LogP) is 3.27. The molecule has 1 fully saturated rings. The molecule has 194 valence electrons. The Morgan fingerprint density at radius 2 is 1.75 bits per heavy atom. The molecule has 1 aliphatic rings. The van der Waals surface area contributed by atoms with Crippen LogP contribution in [0.1, 0.15) is 42.4 Å². The molecule has 2 aromatic rings. The molecule has 0 unspecified atom stereocenters. The standard InChI is InChI=1S/C25H32ClN5O5/c1-17-20(22(34)31(16-21(32)33)10-9-18-5-7-19(26)8-6-18)15-27-23(28-17)29-11-13-30(14-12-29)24(35)36-25(2,3)4/h5-8,15H,9-14,16H2,1-4H3,(H,32,33). The minimum Gasteiger partial charge on any atom is -0.480 e. The highest BCUT2D eigenvalue weighted by molar-refractivity contribution is 6.30. The second-order valence-corrected chi connectivity index (χ2v) is 10.1. The van der Waals surface area contributed by atoms with Crippen molar-refractivity contribution in [3.05, 3.63) is 52.3 Å². The molecule has 0 aliphatic carbocycles. The first-order chi connectivity index (χ1) is 16.9. The zero-order valence-corrected chi connectivity index (χ0v) is 21.8. The number of carbonyl (C=O) groups excluding carboxylic acids is 2. The van der Waals surface area contributed by atoms with Gasteiger partial charge in [-0.2, -0.15) is 0 Å². The minimum atomic E-state index is -1.10. The maximum absolute atomic E-state index is 13.2. The van der Waals surface area contributed by atoms with Gasteiger partial charge in [-0.05, 0) is 51.8 Å². The Kier molecular flexibility index (Phi) is 8.73. The van der Waals surface area contributed by atoms with E-state index in [0.717, 1.165) is 5.56 Å². The van der Waals surface area contributed by atoms with Crippen LogP contribution in [0.2, 0.25) is 5.02 Å². The number of halogens is 1. The third kappa shape index (κ3) is 7.55. The number of anilines is 1. The lowest BCUT2D eigenvalue weighted by Gasteiger charge is -2.35. The summed E-state index contributed by atoms with van der Waals surface area (Å²) in [5, 5.41) is 9.94. The number of aliphatic carboxylic acids is 1. The third-order valence-electron chi connectivity index (χ3n) is 5.61. The van der Waals surface area contributed by atoms with Crippen molar-refractivity contribution in [1.29, 1.82) is 0 Å². The molecule has 0 saturated carbocycles. The van der Waals surface area contributed by atoms with E-state index >= 15 is 0 Å². The fraction of sp³-hybridized carbons (Fsp3) is 0.480. The quantitative estimate of drug-likeness (QED) is 0.595. The second-order valence-electron chi connectivity index (χ2n) is 9.62. The minimum absolute atomic E-state index is 0.223. The fourth-order valence-corrected chi connectivity index (χ4v) is 3.86. The number of hydrogen-bond donors (Lipinski definition) is 1. The largest absolute Gasteiger partial charge is 0.480 e. The molecule has 3 rings (SSSR count). The molecule has 10 nitrogen and oxygen atoms in total. The maximum Gasteiger partial charge on any atom is 0.410 e. The Balaban J connectivity index is 1.65. The number of carboxylic acids is 1. The Morgan fingerprint density at radius 1 is 1.11 bits per heavy atom. The van der Waals surface area contributed by atoms with Crippen LogP contribution in [0.25, 0.3) is 0 Å². The van der Waals surface area contributed by atoms with Crippen molar-refractivity contribution in [2.45, 2.75) is 39.7 Å². The molecule has 1 N–H and O–H groups in total. The smallest absolute Gasteiger partial charge is 0.410 e. The van der Waals surface area contributed by atoms with Crippen molar-refractivity contribution < 1.29 is 24.2 Å². The van der Waals surface area contributed by atoms with E-state index < -0.39 is 24.0 Å². The van der Waals surface area contributed by atoms with E-state index in [2.05, 4.69) is 9.97 Å². The van der Waals surface area contributed by atoms with Crippen LogP contribution in [0, 0.1) is 6.92 Å². The van der Waals surface area contributed by atoms with Crippen LogP contribution in [0.15, 0.2) is 30.5 Å². The van der Waals surface area contributed by atoms with Crippen molar-refractivity contribution in [3.63, 3.8) is 0 Å². The number of aryl methyl sites for hydroxylation is 1. The Morgan fingerprint density at radius 3 is 2.31 bits per heavy atom. The average molecular weight is 518 g/mol. The Bertz CT molecular complexity index is 1100. The lowest BCUT2D eigenvalue weighted by Crippen LogP contribution is -2.50. The number of hydrogen-bond acceptors (Lipinski definition) is 7. The van der Waals surface area contributed by atoms with E-state index in [1.165, 1.54) is 11.1 Å². The molecule has 36 heavy (non-hydrogen) atoms. The van der Waals surface area contributed by atoms with E-state index in [1.54, 1.807) is 24.0 Å². The molecule has 2 amide bonds. The van der Waals surface area contributed by atoms with Crippen LogP contribution in [0.3, 0.4) is 0 Å². The molecule has 1 aromatic heterocycles. The molecular formula is C25H32ClN5O5. The maximum atomic E-state index is 13.2. The van der Waals surface area contributed by atoms with E-state index in [4.69, 9.17) is 16.3 Å². The summed E-state index contributed by atoms with van der Waals surface area (Å²) in [7, 11) is 0. The number of carbonyl (C=O) groups is 3. The first kappa shape index (κ1) is 27.2. The van der Waals surface area contributed by atoms with Gasteiger partial charge in [-0.3, -0.25) is 9.59 Å². The van der Waals surface area contributed by atoms with Crippen LogP contribution < -0.4 is 4.90 Å². The number of nitrogens with zero attached hydrogens (tertiary/aromatic N) is 5. The zero-order valence-electron chi connectivity index (χ0n) is 21.0. The van der Waals surface area contributed by atoms with E-state index in [1.807, 2.05) is 37.8 Å². The monoisotopic (exact) mass is 517 g/mol. The summed E-state index contributed by atoms with van der Waals surface area (Å²) in [5.74, 6) is -1.08. The summed E-state index contributed by atoms with van der Waals surface area (Å²) in [6.07, 6.45) is 1.57. The number of piperazine rings is 1. The lowest BCUT2D eigenvalue weighted by atomic mass is 10.1. The van der Waals surface area contributed by atoms with Crippen molar-refractivity contribution in [2.24, 2.45) is 0 Å². The summed E-state index contributed by atoms with van der Waals surface area (Å²) in [5.41, 5.74) is 1.10. The molecule has 1 aliphatic heterocycles. The molecule has 0 bridgehead atoms. The van der Waals surface area contributed by atoms with Gasteiger partial charge >= 0.3 is 12.1 Å². The SMILES string of the molecule is Cc1nc(N2CCN(C(=O)OC(C)(C)C)CC2)ncc1C(=O)N(CCc1ccc(Cl)cc1)CC(=O)O. The van der Waals surface area contributed by atoms with Gasteiger partial charge in [0.15, 0.2) is 0 Å². The van der Waals surface area contributed by atoms with Gasteiger partial charge in [0, 0.05) is 43.9 Å². The van der Waals surface area contributed by atoms with Crippen LogP contribution in [-0.4, -0.2) is 87.7 Å². The van der Waals surface area contributed by atoms with E-state index in [9.17, 15) is 19.5 Å². The molecule has 11 heteroatoms. The van der Waals surface area contributed by atoms with Crippen LogP contribution in [-0.2, 0) is 16.0 Å². The Labute approximate surface area is 215 Å². The summed E-state index contributed by atoms with van der Waals surface area (Å²) in [4.78, 5) is 50.6. The van der Waals surface area contributed by atoms with Gasteiger partial charge in [0.1, 0.15) is 12.1 Å². The molecule has 0 spiro atoms. The molecule has 0 atom stereocenters. The average Bonchev–Trinajstić information content (AvgIpc) is 2.81. The summed E-state index contributed by atoms with van der Waals surface area (Å²) >= 11 is 5.92. The molecule has 1 saturated heterocycles. The third-order valence-corrected chi connectivity index (χ3v) is 5.86. The predicted molar refractivity (Wildman–Crippen MR) is 135 cm³/mol. The van der Waals surface area contributed by atoms with Gasteiger partial charge in [0.05, 0.1) is 11.3 Å². The number of carboxylic acid groups (broad SMARTS) is 1. The van der Waals surface area contributed by atoms with E-state index in [-0.39, 0.29) is 18.2 Å². The van der Waals surface area contributed by atoms with E-state index in [0.29, 0.717) is 49.3 Å². The van der Waals surface area contributed by atoms with Gasteiger partial charge in [-0.1, -0.05) is 23.7 Å². The number of rotatable bonds is 7. The number of benzene rings is 1. The number of ether oxygens (including phenoxy) is 1. The lowest BCUT2D eigenvalue weighted by molar-refractivity contribution is -0.137. The fourth-order valence-electron chi connectivity index (χ4n) is 3.73. The van der Waals surface area contributed by atoms with Crippen LogP contribution in [0.4, 0.5) is 10.7 Å². The van der Waals surface area contributed by atoms with Gasteiger partial charge in [0.2, 0.25) is 5.95 Å². The number of amides is 2. The summed E-state index contributed by atoms with van der Waals surface area (Å²) < 4.78 is 5.43. The zero-order chi connectivity index (χ0) is 26.5. The first-order valence-electron chi connectivity index (χ1n) is 11.7. The molecular weight excluding hydrogens is 486 g/mol. The van der Waals surface area contributed by atoms with Crippen LogP contribution >= 0.6 is 11.6 Å². The molecule has 2 heterocycles. The van der Waals surface area contributed by atoms with Gasteiger partial charge in [-0.15, -0.1) is 0 Å². The first-order valence-corrected chi connectivity index (χ1v) is 12.1. The Hall–Kier alpha value is -3.40. The molecule has 0 radical (unpaired) electrons. The van der Waals surface area contributed by atoms with Gasteiger partial charge in [0.25, 0.3) is 5.91 Å². The van der Waals surface area contributed by atoms with Crippen molar-refractivity contribution in [3.8, 4) is 0 Å². The van der Waals surface area contributed by atoms with Crippen molar-refractivity contribution >= 4 is 35.5 Å². The number of aromatic nitrogens is 2. The normalized spacial score (nSPS) is 13.9. The second kappa shape index (κ2) is 11.6. The van der Waals surface area contributed by atoms with Crippen molar-refractivity contribution in [1.82, 2.24) is 19.8 Å². The highest BCUT2D eigenvalue weighted by atomic mass is 35.5. The summed E-state index contributed by atoms with van der Waals surface area (Å²) in [6.45, 7) is 8.97. The van der Waals surface area contributed by atoms with Crippen LogP contribution in [0.5, 0.6) is 0 Å². The van der Waals surface area contributed by atoms with Crippen molar-refractivity contribution in [2.75, 3.05) is 44.2 Å².